The molecule has 0 saturated heterocycles. The van der Waals surface area contributed by atoms with E-state index >= 15 is 0 Å². The predicted octanol–water partition coefficient (Wildman–Crippen LogP) is 1.88. The number of nitrogens with two attached hydrogens (primary N) is 1. The molecule has 0 atom stereocenters. The monoisotopic (exact) mass is 294 g/mol. The SMILES string of the molecule is CCOc1ncnc(NCCOC2CCC(N)CC2)c1C. The summed E-state index contributed by atoms with van der Waals surface area (Å²) in [6.45, 7) is 5.90. The molecule has 6 nitrogen and oxygen atoms in total. The Morgan fingerprint density at radius 2 is 2.05 bits per heavy atom. The summed E-state index contributed by atoms with van der Waals surface area (Å²) in [7, 11) is 0. The van der Waals surface area contributed by atoms with Crippen molar-refractivity contribution in [1.82, 2.24) is 9.97 Å². The van der Waals surface area contributed by atoms with E-state index in [-0.39, 0.29) is 0 Å². The Balaban J connectivity index is 1.72. The van der Waals surface area contributed by atoms with E-state index in [1.165, 1.54) is 6.33 Å². The molecule has 6 heteroatoms. The van der Waals surface area contributed by atoms with Crippen molar-refractivity contribution in [2.45, 2.75) is 51.7 Å². The smallest absolute Gasteiger partial charge is 0.221 e. The molecule has 1 aromatic rings. The number of hydrogen-bond donors (Lipinski definition) is 2. The van der Waals surface area contributed by atoms with Crippen LogP contribution in [0, 0.1) is 6.92 Å². The van der Waals surface area contributed by atoms with Crippen LogP contribution in [0.5, 0.6) is 5.88 Å². The van der Waals surface area contributed by atoms with Crippen LogP contribution in [0.4, 0.5) is 5.82 Å². The Morgan fingerprint density at radius 1 is 1.29 bits per heavy atom. The zero-order valence-electron chi connectivity index (χ0n) is 13.0. The summed E-state index contributed by atoms with van der Waals surface area (Å²) in [4.78, 5) is 8.36. The van der Waals surface area contributed by atoms with Crippen molar-refractivity contribution in [3.63, 3.8) is 0 Å². The van der Waals surface area contributed by atoms with Crippen LogP contribution in [0.2, 0.25) is 0 Å². The Labute approximate surface area is 126 Å². The van der Waals surface area contributed by atoms with Crippen LogP contribution in [-0.4, -0.2) is 41.9 Å². The van der Waals surface area contributed by atoms with Crippen LogP contribution < -0.4 is 15.8 Å². The minimum absolute atomic E-state index is 0.358. The van der Waals surface area contributed by atoms with Crippen LogP contribution in [0.3, 0.4) is 0 Å². The molecule has 0 unspecified atom stereocenters. The number of nitrogens with one attached hydrogen (secondary N) is 1. The largest absolute Gasteiger partial charge is 0.478 e. The highest BCUT2D eigenvalue weighted by Crippen LogP contribution is 2.21. The first-order valence-electron chi connectivity index (χ1n) is 7.76. The minimum atomic E-state index is 0.358. The number of hydrogen-bond acceptors (Lipinski definition) is 6. The van der Waals surface area contributed by atoms with E-state index in [0.717, 1.165) is 43.6 Å². The van der Waals surface area contributed by atoms with Gasteiger partial charge in [-0.15, -0.1) is 0 Å². The van der Waals surface area contributed by atoms with Crippen molar-refractivity contribution in [3.05, 3.63) is 11.9 Å². The van der Waals surface area contributed by atoms with Gasteiger partial charge in [0.25, 0.3) is 0 Å². The number of aromatic nitrogens is 2. The Bertz CT molecular complexity index is 434. The van der Waals surface area contributed by atoms with E-state index in [0.29, 0.717) is 31.2 Å². The van der Waals surface area contributed by atoms with E-state index < -0.39 is 0 Å². The van der Waals surface area contributed by atoms with Gasteiger partial charge in [-0.2, -0.15) is 0 Å². The molecule has 0 spiro atoms. The third kappa shape index (κ3) is 4.82. The van der Waals surface area contributed by atoms with Crippen LogP contribution in [0.25, 0.3) is 0 Å². The second-order valence-electron chi connectivity index (χ2n) is 5.42. The molecule has 0 aliphatic heterocycles. The maximum Gasteiger partial charge on any atom is 0.221 e. The fraction of sp³-hybridized carbons (Fsp3) is 0.733. The molecule has 1 aliphatic rings. The third-order valence-electron chi connectivity index (χ3n) is 3.79. The van der Waals surface area contributed by atoms with Gasteiger partial charge in [0, 0.05) is 12.6 Å². The van der Waals surface area contributed by atoms with E-state index in [4.69, 9.17) is 15.2 Å². The van der Waals surface area contributed by atoms with Gasteiger partial charge < -0.3 is 20.5 Å². The summed E-state index contributed by atoms with van der Waals surface area (Å²) in [5.41, 5.74) is 6.82. The molecule has 1 saturated carbocycles. The van der Waals surface area contributed by atoms with Crippen LogP contribution in [0.1, 0.15) is 38.2 Å². The summed E-state index contributed by atoms with van der Waals surface area (Å²) >= 11 is 0. The molecule has 1 heterocycles. The van der Waals surface area contributed by atoms with E-state index in [1.807, 2.05) is 13.8 Å². The molecule has 0 amide bonds. The molecule has 2 rings (SSSR count). The van der Waals surface area contributed by atoms with Gasteiger partial charge in [-0.05, 0) is 39.5 Å². The maximum absolute atomic E-state index is 5.89. The summed E-state index contributed by atoms with van der Waals surface area (Å²) in [6.07, 6.45) is 6.16. The van der Waals surface area contributed by atoms with Gasteiger partial charge in [-0.3, -0.25) is 0 Å². The van der Waals surface area contributed by atoms with Crippen molar-refractivity contribution in [2.75, 3.05) is 25.1 Å². The van der Waals surface area contributed by atoms with Gasteiger partial charge in [-0.25, -0.2) is 9.97 Å². The zero-order chi connectivity index (χ0) is 15.1. The van der Waals surface area contributed by atoms with Crippen molar-refractivity contribution >= 4 is 5.82 Å². The second-order valence-corrected chi connectivity index (χ2v) is 5.42. The fourth-order valence-electron chi connectivity index (χ4n) is 2.54. The molecular formula is C15H26N4O2. The molecule has 3 N–H and O–H groups in total. The second kappa shape index (κ2) is 8.14. The van der Waals surface area contributed by atoms with Gasteiger partial charge >= 0.3 is 0 Å². The summed E-state index contributed by atoms with van der Waals surface area (Å²) < 4.78 is 11.3. The summed E-state index contributed by atoms with van der Waals surface area (Å²) in [6, 6.07) is 0.364. The molecule has 0 aromatic carbocycles. The zero-order valence-corrected chi connectivity index (χ0v) is 13.0. The minimum Gasteiger partial charge on any atom is -0.478 e. The molecule has 0 bridgehead atoms. The average Bonchev–Trinajstić information content (AvgIpc) is 2.49. The van der Waals surface area contributed by atoms with Crippen molar-refractivity contribution in [2.24, 2.45) is 5.73 Å². The molecule has 1 fully saturated rings. The summed E-state index contributed by atoms with van der Waals surface area (Å²) in [5, 5.41) is 3.28. The van der Waals surface area contributed by atoms with E-state index in [2.05, 4.69) is 15.3 Å². The molecule has 21 heavy (non-hydrogen) atoms. The lowest BCUT2D eigenvalue weighted by Gasteiger charge is -2.26. The fourth-order valence-corrected chi connectivity index (χ4v) is 2.54. The van der Waals surface area contributed by atoms with Crippen molar-refractivity contribution < 1.29 is 9.47 Å². The lowest BCUT2D eigenvalue weighted by atomic mass is 9.94. The van der Waals surface area contributed by atoms with Crippen molar-refractivity contribution in [1.29, 1.82) is 0 Å². The first kappa shape index (κ1) is 16.0. The quantitative estimate of drug-likeness (QED) is 0.747. The van der Waals surface area contributed by atoms with Crippen LogP contribution in [0.15, 0.2) is 6.33 Å². The highest BCUT2D eigenvalue weighted by molar-refractivity contribution is 5.47. The topological polar surface area (TPSA) is 82.3 Å². The van der Waals surface area contributed by atoms with Crippen LogP contribution in [-0.2, 0) is 4.74 Å². The molecule has 1 aliphatic carbocycles. The maximum atomic E-state index is 5.89. The number of rotatable bonds is 7. The van der Waals surface area contributed by atoms with E-state index in [1.54, 1.807) is 0 Å². The normalized spacial score (nSPS) is 22.0. The van der Waals surface area contributed by atoms with Gasteiger partial charge in [0.2, 0.25) is 5.88 Å². The Morgan fingerprint density at radius 3 is 2.76 bits per heavy atom. The third-order valence-corrected chi connectivity index (χ3v) is 3.79. The Kier molecular flexibility index (Phi) is 6.20. The highest BCUT2D eigenvalue weighted by atomic mass is 16.5. The molecular weight excluding hydrogens is 268 g/mol. The standard InChI is InChI=1S/C15H26N4O2/c1-3-20-15-11(2)14(18-10-19-15)17-8-9-21-13-6-4-12(16)5-7-13/h10,12-13H,3-9,16H2,1-2H3,(H,17,18,19). The van der Waals surface area contributed by atoms with Gasteiger partial charge in [0.05, 0.1) is 24.9 Å². The van der Waals surface area contributed by atoms with Gasteiger partial charge in [-0.1, -0.05) is 0 Å². The lowest BCUT2D eigenvalue weighted by molar-refractivity contribution is 0.0313. The van der Waals surface area contributed by atoms with Gasteiger partial charge in [0.15, 0.2) is 0 Å². The first-order chi connectivity index (χ1) is 10.2. The van der Waals surface area contributed by atoms with E-state index in [9.17, 15) is 0 Å². The van der Waals surface area contributed by atoms with Crippen LogP contribution >= 0.6 is 0 Å². The number of anilines is 1. The van der Waals surface area contributed by atoms with Gasteiger partial charge in [0.1, 0.15) is 12.1 Å². The number of ether oxygens (including phenoxy) is 2. The molecule has 0 radical (unpaired) electrons. The molecule has 1 aromatic heterocycles. The molecule has 118 valence electrons. The highest BCUT2D eigenvalue weighted by Gasteiger charge is 2.18. The number of nitrogens with zero attached hydrogens (tertiary/aromatic N) is 2. The average molecular weight is 294 g/mol. The van der Waals surface area contributed by atoms with Crippen molar-refractivity contribution in [3.8, 4) is 5.88 Å². The lowest BCUT2D eigenvalue weighted by Crippen LogP contribution is -2.31. The predicted molar refractivity (Wildman–Crippen MR) is 82.6 cm³/mol. The summed E-state index contributed by atoms with van der Waals surface area (Å²) in [5.74, 6) is 1.44. The Hall–Kier alpha value is -1.40. The first-order valence-corrected chi connectivity index (χ1v) is 7.76.